The molecule has 0 heterocycles. The summed E-state index contributed by atoms with van der Waals surface area (Å²) in [6.45, 7) is 15.2. The van der Waals surface area contributed by atoms with Crippen molar-refractivity contribution in [3.63, 3.8) is 0 Å². The van der Waals surface area contributed by atoms with Crippen molar-refractivity contribution < 1.29 is 28.7 Å². The van der Waals surface area contributed by atoms with Crippen LogP contribution >= 0.6 is 0 Å². The number of nitrogens with one attached hydrogen (secondary N) is 4. The van der Waals surface area contributed by atoms with Crippen LogP contribution in [-0.4, -0.2) is 47.7 Å². The molecule has 10 heteroatoms. The first kappa shape index (κ1) is 37.0. The van der Waals surface area contributed by atoms with Crippen molar-refractivity contribution in [3.8, 4) is 0 Å². The summed E-state index contributed by atoms with van der Waals surface area (Å²) in [6.07, 6.45) is 0.0803. The molecule has 10 nitrogen and oxygen atoms in total. The number of Topliss-reactive ketones (excluding diaryl/α,β-unsaturated/α-hetero) is 1. The summed E-state index contributed by atoms with van der Waals surface area (Å²) in [4.78, 5) is 65.9. The van der Waals surface area contributed by atoms with E-state index in [0.29, 0.717) is 12.1 Å². The van der Waals surface area contributed by atoms with Crippen LogP contribution in [-0.2, 0) is 30.5 Å². The van der Waals surface area contributed by atoms with Crippen molar-refractivity contribution in [2.45, 2.75) is 99.4 Å². The maximum Gasteiger partial charge on any atom is 0.408 e. The average Bonchev–Trinajstić information content (AvgIpc) is 2.95. The van der Waals surface area contributed by atoms with Crippen molar-refractivity contribution in [1.29, 1.82) is 0 Å². The molecule has 0 saturated heterocycles. The summed E-state index contributed by atoms with van der Waals surface area (Å²) in [5.41, 5.74) is 3.16. The van der Waals surface area contributed by atoms with Gasteiger partial charge in [0.2, 0.25) is 17.6 Å². The van der Waals surface area contributed by atoms with Gasteiger partial charge in [-0.3, -0.25) is 19.2 Å². The van der Waals surface area contributed by atoms with Crippen LogP contribution in [0.5, 0.6) is 0 Å². The summed E-state index contributed by atoms with van der Waals surface area (Å²) in [7, 11) is 0. The highest BCUT2D eigenvalue weighted by Gasteiger charge is 2.33. The molecule has 0 aliphatic carbocycles. The van der Waals surface area contributed by atoms with E-state index in [2.05, 4.69) is 21.3 Å². The SMILES string of the molecule is Cc1ccc(NC(=O)C(=O)C(CC(C)C)NC(=O)C(CC(C)C)NC(=O)C(CC(C)C)NC(=O)OCc2ccccc2)c(C)c1. The van der Waals surface area contributed by atoms with E-state index in [1.165, 1.54) is 0 Å². The molecule has 2 aromatic carbocycles. The largest absolute Gasteiger partial charge is 0.445 e. The Morgan fingerprint density at radius 3 is 1.71 bits per heavy atom. The first-order valence-corrected chi connectivity index (χ1v) is 15.7. The smallest absolute Gasteiger partial charge is 0.408 e. The average molecular weight is 623 g/mol. The van der Waals surface area contributed by atoms with Gasteiger partial charge in [0.25, 0.3) is 5.91 Å². The summed E-state index contributed by atoms with van der Waals surface area (Å²) in [5.74, 6) is -2.66. The molecule has 0 spiro atoms. The Morgan fingerprint density at radius 2 is 1.18 bits per heavy atom. The van der Waals surface area contributed by atoms with Crippen LogP contribution in [0, 0.1) is 31.6 Å². The number of anilines is 1. The number of ketones is 1. The first-order chi connectivity index (χ1) is 21.2. The van der Waals surface area contributed by atoms with Gasteiger partial charge in [-0.05, 0) is 68.1 Å². The second kappa shape index (κ2) is 17.9. The lowest BCUT2D eigenvalue weighted by molar-refractivity contribution is -0.138. The van der Waals surface area contributed by atoms with E-state index >= 15 is 0 Å². The predicted molar refractivity (Wildman–Crippen MR) is 175 cm³/mol. The zero-order valence-electron chi connectivity index (χ0n) is 27.9. The molecule has 0 bridgehead atoms. The maximum absolute atomic E-state index is 13.6. The molecule has 0 radical (unpaired) electrons. The third kappa shape index (κ3) is 13.1. The molecule has 3 unspecified atom stereocenters. The second-order valence-electron chi connectivity index (χ2n) is 12.9. The molecule has 2 rings (SSSR count). The van der Waals surface area contributed by atoms with Gasteiger partial charge in [0, 0.05) is 5.69 Å². The lowest BCUT2D eigenvalue weighted by Crippen LogP contribution is -2.57. The number of ether oxygens (including phenoxy) is 1. The Balaban J connectivity index is 2.16. The number of aryl methyl sites for hydroxylation is 2. The molecule has 45 heavy (non-hydrogen) atoms. The molecule has 0 fully saturated rings. The Morgan fingerprint density at radius 1 is 0.667 bits per heavy atom. The van der Waals surface area contributed by atoms with E-state index in [-0.39, 0.29) is 37.2 Å². The van der Waals surface area contributed by atoms with E-state index in [0.717, 1.165) is 16.7 Å². The zero-order valence-corrected chi connectivity index (χ0v) is 27.9. The van der Waals surface area contributed by atoms with Crippen molar-refractivity contribution >= 4 is 35.3 Å². The predicted octanol–water partition coefficient (Wildman–Crippen LogP) is 5.21. The number of amides is 4. The first-order valence-electron chi connectivity index (χ1n) is 15.7. The van der Waals surface area contributed by atoms with Crippen molar-refractivity contribution in [2.24, 2.45) is 17.8 Å². The molecule has 246 valence electrons. The number of carbonyl (C=O) groups is 5. The van der Waals surface area contributed by atoms with Gasteiger partial charge in [0.1, 0.15) is 18.7 Å². The minimum Gasteiger partial charge on any atom is -0.445 e. The van der Waals surface area contributed by atoms with Crippen molar-refractivity contribution in [2.75, 3.05) is 5.32 Å². The maximum atomic E-state index is 13.6. The standard InChI is InChI=1S/C35H50N4O6/c1-21(2)16-28(31(40)34(43)36-27-15-14-24(7)19-25(27)8)37-32(41)29(17-22(3)4)38-33(42)30(18-23(5)6)39-35(44)45-20-26-12-10-9-11-13-26/h9-15,19,21-23,28-30H,16-18,20H2,1-8H3,(H,36,43)(H,37,41)(H,38,42)(H,39,44). The van der Waals surface area contributed by atoms with E-state index in [1.807, 2.05) is 97.9 Å². The fourth-order valence-corrected chi connectivity index (χ4v) is 4.86. The van der Waals surface area contributed by atoms with E-state index in [1.54, 1.807) is 6.07 Å². The zero-order chi connectivity index (χ0) is 33.7. The van der Waals surface area contributed by atoms with Crippen LogP contribution < -0.4 is 21.3 Å². The number of alkyl carbamates (subject to hydrolysis) is 1. The van der Waals surface area contributed by atoms with E-state index in [4.69, 9.17) is 4.74 Å². The second-order valence-corrected chi connectivity index (χ2v) is 12.9. The number of rotatable bonds is 16. The van der Waals surface area contributed by atoms with E-state index < -0.39 is 47.7 Å². The molecule has 4 N–H and O–H groups in total. The molecule has 2 aromatic rings. The van der Waals surface area contributed by atoms with Gasteiger partial charge in [0.15, 0.2) is 0 Å². The van der Waals surface area contributed by atoms with Gasteiger partial charge in [-0.2, -0.15) is 0 Å². The molecule has 0 saturated carbocycles. The van der Waals surface area contributed by atoms with Crippen molar-refractivity contribution in [3.05, 3.63) is 65.2 Å². The monoisotopic (exact) mass is 622 g/mol. The topological polar surface area (TPSA) is 143 Å². The van der Waals surface area contributed by atoms with Gasteiger partial charge < -0.3 is 26.0 Å². The van der Waals surface area contributed by atoms with Crippen molar-refractivity contribution in [1.82, 2.24) is 16.0 Å². The fraction of sp³-hybridized carbons (Fsp3) is 0.514. The highest BCUT2D eigenvalue weighted by molar-refractivity contribution is 6.42. The van der Waals surface area contributed by atoms with Crippen LogP contribution in [0.25, 0.3) is 0 Å². The van der Waals surface area contributed by atoms with Crippen LogP contribution in [0.15, 0.2) is 48.5 Å². The quantitative estimate of drug-likeness (QED) is 0.189. The third-order valence-corrected chi connectivity index (χ3v) is 7.06. The minimum atomic E-state index is -1.09. The number of hydrogen-bond donors (Lipinski definition) is 4. The molecule has 4 amide bonds. The number of hydrogen-bond acceptors (Lipinski definition) is 6. The number of benzene rings is 2. The fourth-order valence-electron chi connectivity index (χ4n) is 4.86. The van der Waals surface area contributed by atoms with Crippen LogP contribution in [0.2, 0.25) is 0 Å². The van der Waals surface area contributed by atoms with Crippen LogP contribution in [0.3, 0.4) is 0 Å². The minimum absolute atomic E-state index is 0.00665. The summed E-state index contributed by atoms with van der Waals surface area (Å²) < 4.78 is 5.32. The molecular formula is C35H50N4O6. The Bertz CT molecular complexity index is 1310. The molecular weight excluding hydrogens is 572 g/mol. The lowest BCUT2D eigenvalue weighted by Gasteiger charge is -2.27. The Hall–Kier alpha value is -4.21. The molecule has 0 aromatic heterocycles. The summed E-state index contributed by atoms with van der Waals surface area (Å²) >= 11 is 0. The highest BCUT2D eigenvalue weighted by Crippen LogP contribution is 2.17. The van der Waals surface area contributed by atoms with Gasteiger partial charge >= 0.3 is 6.09 Å². The Labute approximate surface area is 267 Å². The third-order valence-electron chi connectivity index (χ3n) is 7.06. The van der Waals surface area contributed by atoms with Gasteiger partial charge in [-0.1, -0.05) is 89.6 Å². The van der Waals surface area contributed by atoms with Gasteiger partial charge in [0.05, 0.1) is 6.04 Å². The summed E-state index contributed by atoms with van der Waals surface area (Å²) in [6, 6.07) is 11.6. The summed E-state index contributed by atoms with van der Waals surface area (Å²) in [5, 5.41) is 10.8. The molecule has 0 aliphatic heterocycles. The van der Waals surface area contributed by atoms with Crippen LogP contribution in [0.1, 0.15) is 77.5 Å². The van der Waals surface area contributed by atoms with Gasteiger partial charge in [-0.25, -0.2) is 4.79 Å². The highest BCUT2D eigenvalue weighted by atomic mass is 16.5. The molecule has 3 atom stereocenters. The van der Waals surface area contributed by atoms with Gasteiger partial charge in [-0.15, -0.1) is 0 Å². The number of carbonyl (C=O) groups excluding carboxylic acids is 5. The normalized spacial score (nSPS) is 13.1. The molecule has 0 aliphatic rings. The lowest BCUT2D eigenvalue weighted by atomic mass is 9.97. The Kier molecular flexibility index (Phi) is 14.7. The van der Waals surface area contributed by atoms with Crippen LogP contribution in [0.4, 0.5) is 10.5 Å². The van der Waals surface area contributed by atoms with E-state index in [9.17, 15) is 24.0 Å².